The molecule has 2 atom stereocenters. The van der Waals surface area contributed by atoms with E-state index >= 15 is 0 Å². The molecular formula is C24H21F4N3O3. The molecule has 0 bridgehead atoms. The van der Waals surface area contributed by atoms with Crippen LogP contribution in [0, 0.1) is 11.2 Å². The van der Waals surface area contributed by atoms with Crippen LogP contribution >= 0.6 is 0 Å². The smallest absolute Gasteiger partial charge is 0.471 e. The Labute approximate surface area is 192 Å². The molecule has 6 nitrogen and oxygen atoms in total. The number of anilines is 2. The van der Waals surface area contributed by atoms with Crippen molar-refractivity contribution in [1.29, 1.82) is 5.41 Å². The Balaban J connectivity index is 1.88. The Morgan fingerprint density at radius 2 is 1.79 bits per heavy atom. The number of hydrogen-bond donors (Lipinski definition) is 4. The van der Waals surface area contributed by atoms with Gasteiger partial charge in [-0.1, -0.05) is 12.1 Å². The second-order valence-electron chi connectivity index (χ2n) is 7.42. The van der Waals surface area contributed by atoms with E-state index in [0.717, 1.165) is 6.21 Å². The van der Waals surface area contributed by atoms with Gasteiger partial charge >= 0.3 is 12.1 Å². The van der Waals surface area contributed by atoms with Gasteiger partial charge in [-0.25, -0.2) is 4.39 Å². The first-order valence-corrected chi connectivity index (χ1v) is 10.1. The molecule has 1 amide bonds. The monoisotopic (exact) mass is 475 g/mol. The summed E-state index contributed by atoms with van der Waals surface area (Å²) in [5.74, 6) is -2.43. The summed E-state index contributed by atoms with van der Waals surface area (Å²) in [6.07, 6.45) is -5.11. The highest BCUT2D eigenvalue weighted by Crippen LogP contribution is 2.31. The number of carbonyl (C=O) groups is 1. The molecular weight excluding hydrogens is 454 g/mol. The maximum Gasteiger partial charge on any atom is 0.471 e. The van der Waals surface area contributed by atoms with Crippen molar-refractivity contribution in [2.45, 2.75) is 25.2 Å². The quantitative estimate of drug-likeness (QED) is 0.257. The Morgan fingerprint density at radius 3 is 2.41 bits per heavy atom. The van der Waals surface area contributed by atoms with Crippen LogP contribution in [0.5, 0.6) is 11.5 Å². The second-order valence-corrected chi connectivity index (χ2v) is 7.42. The zero-order valence-electron chi connectivity index (χ0n) is 17.9. The molecule has 0 spiro atoms. The highest BCUT2D eigenvalue weighted by atomic mass is 19.4. The van der Waals surface area contributed by atoms with Crippen LogP contribution in [0.15, 0.2) is 66.7 Å². The summed E-state index contributed by atoms with van der Waals surface area (Å²) in [6.45, 7) is 1.35. The largest absolute Gasteiger partial charge is 0.508 e. The lowest BCUT2D eigenvalue weighted by Crippen LogP contribution is -2.45. The van der Waals surface area contributed by atoms with Crippen LogP contribution in [0.25, 0.3) is 0 Å². The van der Waals surface area contributed by atoms with Crippen molar-refractivity contribution in [1.82, 2.24) is 5.32 Å². The first-order chi connectivity index (χ1) is 16.1. The molecule has 34 heavy (non-hydrogen) atoms. The molecule has 1 unspecified atom stereocenters. The lowest BCUT2D eigenvalue weighted by atomic mass is 10.0. The maximum absolute atomic E-state index is 13.1. The van der Waals surface area contributed by atoms with Crippen molar-refractivity contribution in [2.24, 2.45) is 0 Å². The SMILES string of the molecule is CC(NC(=O)C(F)(F)F)[C@H](Oc1ccc(Nc2ccc(F)cc2)c(C=N)c1)c1cccc(O)c1. The molecule has 3 aromatic carbocycles. The Morgan fingerprint density at radius 1 is 1.09 bits per heavy atom. The first-order valence-electron chi connectivity index (χ1n) is 10.1. The third-order valence-corrected chi connectivity index (χ3v) is 4.83. The van der Waals surface area contributed by atoms with Crippen molar-refractivity contribution in [3.05, 3.63) is 83.7 Å². The predicted octanol–water partition coefficient (Wildman–Crippen LogP) is 5.46. The van der Waals surface area contributed by atoms with Gasteiger partial charge in [0.15, 0.2) is 0 Å². The summed E-state index contributed by atoms with van der Waals surface area (Å²) < 4.78 is 57.4. The van der Waals surface area contributed by atoms with Gasteiger partial charge in [0.05, 0.1) is 6.04 Å². The normalized spacial score (nSPS) is 13.0. The number of ether oxygens (including phenoxy) is 1. The van der Waals surface area contributed by atoms with Crippen molar-refractivity contribution >= 4 is 23.5 Å². The van der Waals surface area contributed by atoms with Crippen LogP contribution in [-0.4, -0.2) is 29.4 Å². The summed E-state index contributed by atoms with van der Waals surface area (Å²) >= 11 is 0. The van der Waals surface area contributed by atoms with Gasteiger partial charge in [-0.3, -0.25) is 4.79 Å². The van der Waals surface area contributed by atoms with Gasteiger partial charge in [0.25, 0.3) is 0 Å². The zero-order valence-corrected chi connectivity index (χ0v) is 17.9. The lowest BCUT2D eigenvalue weighted by molar-refractivity contribution is -0.174. The van der Waals surface area contributed by atoms with Gasteiger partial charge in [-0.2, -0.15) is 13.2 Å². The van der Waals surface area contributed by atoms with Gasteiger partial charge in [-0.15, -0.1) is 0 Å². The molecule has 0 heterocycles. The van der Waals surface area contributed by atoms with E-state index < -0.39 is 30.0 Å². The van der Waals surface area contributed by atoms with E-state index in [2.05, 4.69) is 5.32 Å². The Bertz CT molecular complexity index is 1170. The average molecular weight is 475 g/mol. The fourth-order valence-corrected chi connectivity index (χ4v) is 3.21. The van der Waals surface area contributed by atoms with E-state index in [1.54, 1.807) is 12.1 Å². The van der Waals surface area contributed by atoms with Gasteiger partial charge in [-0.05, 0) is 67.1 Å². The van der Waals surface area contributed by atoms with Gasteiger partial charge in [0, 0.05) is 23.2 Å². The summed E-state index contributed by atoms with van der Waals surface area (Å²) in [5.41, 5.74) is 1.82. The number of halogens is 4. The summed E-state index contributed by atoms with van der Waals surface area (Å²) in [7, 11) is 0. The van der Waals surface area contributed by atoms with Crippen LogP contribution < -0.4 is 15.4 Å². The number of alkyl halides is 3. The van der Waals surface area contributed by atoms with E-state index in [1.807, 2.05) is 5.32 Å². The zero-order chi connectivity index (χ0) is 24.9. The number of nitrogens with one attached hydrogen (secondary N) is 3. The number of phenols is 1. The third-order valence-electron chi connectivity index (χ3n) is 4.83. The number of hydrogen-bond acceptors (Lipinski definition) is 5. The Kier molecular flexibility index (Phi) is 7.40. The van der Waals surface area contributed by atoms with Crippen LogP contribution in [-0.2, 0) is 4.79 Å². The standard InChI is InChI=1S/C24H21F4N3O3/c1-14(30-23(33)24(26,27)28)22(15-3-2-4-19(32)11-15)34-20-9-10-21(16(12-20)13-29)31-18-7-5-17(25)6-8-18/h2-14,22,29,31-32H,1H3,(H,30,33)/t14?,22-/m0/s1. The lowest BCUT2D eigenvalue weighted by Gasteiger charge is -2.27. The number of carbonyl (C=O) groups excluding carboxylic acids is 1. The van der Waals surface area contributed by atoms with E-state index in [-0.39, 0.29) is 11.5 Å². The molecule has 0 saturated heterocycles. The van der Waals surface area contributed by atoms with Crippen molar-refractivity contribution in [2.75, 3.05) is 5.32 Å². The number of benzene rings is 3. The second kappa shape index (κ2) is 10.2. The first kappa shape index (κ1) is 24.6. The van der Waals surface area contributed by atoms with Crippen molar-refractivity contribution in [3.63, 3.8) is 0 Å². The minimum Gasteiger partial charge on any atom is -0.508 e. The molecule has 0 aliphatic carbocycles. The Hall–Kier alpha value is -4.08. The molecule has 178 valence electrons. The van der Waals surface area contributed by atoms with E-state index in [0.29, 0.717) is 22.5 Å². The van der Waals surface area contributed by atoms with Crippen molar-refractivity contribution in [3.8, 4) is 11.5 Å². The fourth-order valence-electron chi connectivity index (χ4n) is 3.21. The average Bonchev–Trinajstić information content (AvgIpc) is 2.79. The maximum atomic E-state index is 13.1. The van der Waals surface area contributed by atoms with Gasteiger partial charge < -0.3 is 25.9 Å². The molecule has 3 aromatic rings. The molecule has 0 aliphatic heterocycles. The summed E-state index contributed by atoms with van der Waals surface area (Å²) in [4.78, 5) is 11.5. The molecule has 0 saturated carbocycles. The van der Waals surface area contributed by atoms with Crippen LogP contribution in [0.4, 0.5) is 28.9 Å². The molecule has 0 aliphatic rings. The predicted molar refractivity (Wildman–Crippen MR) is 119 cm³/mol. The molecule has 0 aromatic heterocycles. The number of aromatic hydroxyl groups is 1. The highest BCUT2D eigenvalue weighted by molar-refractivity contribution is 5.88. The molecule has 10 heteroatoms. The summed E-state index contributed by atoms with van der Waals surface area (Å²) in [6, 6.07) is 14.9. The van der Waals surface area contributed by atoms with E-state index in [4.69, 9.17) is 10.1 Å². The number of phenolic OH excluding ortho intramolecular Hbond substituents is 1. The van der Waals surface area contributed by atoms with Crippen LogP contribution in [0.3, 0.4) is 0 Å². The molecule has 3 rings (SSSR count). The number of amides is 1. The summed E-state index contributed by atoms with van der Waals surface area (Å²) in [5, 5.41) is 22.4. The fraction of sp³-hybridized carbons (Fsp3) is 0.167. The number of rotatable bonds is 8. The highest BCUT2D eigenvalue weighted by Gasteiger charge is 2.40. The van der Waals surface area contributed by atoms with E-state index in [9.17, 15) is 27.5 Å². The minimum absolute atomic E-state index is 0.125. The van der Waals surface area contributed by atoms with Gasteiger partial charge in [0.2, 0.25) is 0 Å². The molecule has 0 radical (unpaired) electrons. The molecule has 0 fully saturated rings. The topological polar surface area (TPSA) is 94.4 Å². The van der Waals surface area contributed by atoms with E-state index in [1.165, 1.54) is 61.5 Å². The van der Waals surface area contributed by atoms with Crippen LogP contribution in [0.1, 0.15) is 24.2 Å². The van der Waals surface area contributed by atoms with Crippen LogP contribution in [0.2, 0.25) is 0 Å². The van der Waals surface area contributed by atoms with Crippen molar-refractivity contribution < 1.29 is 32.2 Å². The van der Waals surface area contributed by atoms with Gasteiger partial charge in [0.1, 0.15) is 23.4 Å². The molecule has 4 N–H and O–H groups in total. The third kappa shape index (κ3) is 6.25. The minimum atomic E-state index is -5.07.